The van der Waals surface area contributed by atoms with E-state index in [0.717, 1.165) is 22.3 Å². The second-order valence-electron chi connectivity index (χ2n) is 6.07. The first-order valence-corrected chi connectivity index (χ1v) is 9.24. The molecule has 2 aromatic heterocycles. The zero-order valence-corrected chi connectivity index (χ0v) is 15.4. The molecule has 0 fully saturated rings. The molecule has 3 rings (SSSR count). The van der Waals surface area contributed by atoms with Gasteiger partial charge in [-0.15, -0.1) is 0 Å². The van der Waals surface area contributed by atoms with Crippen molar-refractivity contribution < 1.29 is 4.79 Å². The molecule has 0 aliphatic carbocycles. The number of pyridine rings is 2. The summed E-state index contributed by atoms with van der Waals surface area (Å²) in [6, 6.07) is 15.1. The number of carbonyl (C=O) groups is 1. The lowest BCUT2D eigenvalue weighted by molar-refractivity contribution is -0.113. The number of fused-ring (bicyclic) bond motifs is 1. The van der Waals surface area contributed by atoms with Crippen LogP contribution in [0.5, 0.6) is 0 Å². The lowest BCUT2D eigenvalue weighted by Gasteiger charge is -2.10. The van der Waals surface area contributed by atoms with Crippen molar-refractivity contribution in [3.05, 3.63) is 59.9 Å². The molecule has 0 radical (unpaired) electrons. The Hall–Kier alpha value is -2.91. The van der Waals surface area contributed by atoms with E-state index in [-0.39, 0.29) is 17.6 Å². The molecular weight excluding hydrogens is 344 g/mol. The highest BCUT2D eigenvalue weighted by Gasteiger charge is 2.12. The number of nitrogens with zero attached hydrogens (tertiary/aromatic N) is 3. The Balaban J connectivity index is 1.73. The molecule has 130 valence electrons. The molecular formula is C20H18N4OS. The van der Waals surface area contributed by atoms with Crippen molar-refractivity contribution in [1.82, 2.24) is 9.97 Å². The molecule has 0 bridgehead atoms. The third-order valence-corrected chi connectivity index (χ3v) is 4.84. The number of benzene rings is 1. The quantitative estimate of drug-likeness (QED) is 0.682. The number of amides is 1. The van der Waals surface area contributed by atoms with Crippen molar-refractivity contribution in [2.45, 2.75) is 24.8 Å². The standard InChI is InChI=1S/C20H18N4OS/c1-13(2)16-9-8-14(11-21)20(24-16)26-12-19(25)23-18-7-3-6-17-15(18)5-4-10-22-17/h3-10,13H,12H2,1-2H3,(H,23,25). The van der Waals surface area contributed by atoms with Gasteiger partial charge in [0.25, 0.3) is 0 Å². The third-order valence-electron chi connectivity index (χ3n) is 3.85. The number of hydrogen-bond acceptors (Lipinski definition) is 5. The van der Waals surface area contributed by atoms with Gasteiger partial charge in [0.15, 0.2) is 0 Å². The zero-order chi connectivity index (χ0) is 18.5. The van der Waals surface area contributed by atoms with Gasteiger partial charge in [-0.2, -0.15) is 5.26 Å². The molecule has 3 aromatic rings. The second kappa shape index (κ2) is 7.98. The van der Waals surface area contributed by atoms with Crippen molar-refractivity contribution in [3.8, 4) is 6.07 Å². The maximum absolute atomic E-state index is 12.4. The van der Waals surface area contributed by atoms with Crippen LogP contribution in [0.2, 0.25) is 0 Å². The van der Waals surface area contributed by atoms with E-state index in [9.17, 15) is 10.1 Å². The van der Waals surface area contributed by atoms with Crippen LogP contribution in [0.3, 0.4) is 0 Å². The summed E-state index contributed by atoms with van der Waals surface area (Å²) in [5.41, 5.74) is 2.95. The number of rotatable bonds is 5. The van der Waals surface area contributed by atoms with Gasteiger partial charge in [0, 0.05) is 17.3 Å². The Bertz CT molecular complexity index is 989. The largest absolute Gasteiger partial charge is 0.325 e. The fraction of sp³-hybridized carbons (Fsp3) is 0.200. The summed E-state index contributed by atoms with van der Waals surface area (Å²) in [5.74, 6) is 0.297. The maximum atomic E-state index is 12.4. The van der Waals surface area contributed by atoms with Crippen LogP contribution in [-0.2, 0) is 4.79 Å². The Kier molecular flexibility index (Phi) is 5.49. The fourth-order valence-electron chi connectivity index (χ4n) is 2.50. The molecule has 0 aliphatic rings. The van der Waals surface area contributed by atoms with Gasteiger partial charge in [-0.25, -0.2) is 4.98 Å². The highest BCUT2D eigenvalue weighted by Crippen LogP contribution is 2.25. The first-order chi connectivity index (χ1) is 12.6. The predicted octanol–water partition coefficient (Wildman–Crippen LogP) is 4.36. The average molecular weight is 362 g/mol. The summed E-state index contributed by atoms with van der Waals surface area (Å²) in [4.78, 5) is 21.2. The van der Waals surface area contributed by atoms with Gasteiger partial charge >= 0.3 is 0 Å². The van der Waals surface area contributed by atoms with Gasteiger partial charge in [-0.3, -0.25) is 9.78 Å². The van der Waals surface area contributed by atoms with Crippen LogP contribution in [0.4, 0.5) is 5.69 Å². The van der Waals surface area contributed by atoms with E-state index < -0.39 is 0 Å². The fourth-order valence-corrected chi connectivity index (χ4v) is 3.28. The molecule has 1 N–H and O–H groups in total. The molecule has 2 heterocycles. The van der Waals surface area contributed by atoms with E-state index in [1.54, 1.807) is 12.3 Å². The first-order valence-electron chi connectivity index (χ1n) is 8.26. The Labute approximate surface area is 156 Å². The second-order valence-corrected chi connectivity index (χ2v) is 7.03. The van der Waals surface area contributed by atoms with E-state index in [4.69, 9.17) is 0 Å². The number of anilines is 1. The lowest BCUT2D eigenvalue weighted by atomic mass is 10.1. The van der Waals surface area contributed by atoms with Crippen LogP contribution in [0, 0.1) is 11.3 Å². The molecule has 0 saturated carbocycles. The molecule has 26 heavy (non-hydrogen) atoms. The van der Waals surface area contributed by atoms with E-state index in [1.807, 2.05) is 50.2 Å². The van der Waals surface area contributed by atoms with Crippen LogP contribution in [0.15, 0.2) is 53.7 Å². The Morgan fingerprint density at radius 3 is 2.85 bits per heavy atom. The zero-order valence-electron chi connectivity index (χ0n) is 14.6. The van der Waals surface area contributed by atoms with Crippen LogP contribution in [-0.4, -0.2) is 21.6 Å². The number of thioether (sulfide) groups is 1. The van der Waals surface area contributed by atoms with Gasteiger partial charge < -0.3 is 5.32 Å². The lowest BCUT2D eigenvalue weighted by Crippen LogP contribution is -2.14. The van der Waals surface area contributed by atoms with E-state index in [1.165, 1.54) is 11.8 Å². The minimum atomic E-state index is -0.146. The Morgan fingerprint density at radius 1 is 1.23 bits per heavy atom. The molecule has 5 nitrogen and oxygen atoms in total. The molecule has 0 atom stereocenters. The summed E-state index contributed by atoms with van der Waals surface area (Å²) < 4.78 is 0. The monoisotopic (exact) mass is 362 g/mol. The number of nitrogens with one attached hydrogen (secondary N) is 1. The van der Waals surface area contributed by atoms with Crippen molar-refractivity contribution >= 4 is 34.3 Å². The highest BCUT2D eigenvalue weighted by molar-refractivity contribution is 8.00. The molecule has 6 heteroatoms. The first kappa shape index (κ1) is 17.9. The van der Waals surface area contributed by atoms with Crippen molar-refractivity contribution in [2.75, 3.05) is 11.1 Å². The van der Waals surface area contributed by atoms with Crippen LogP contribution in [0.25, 0.3) is 10.9 Å². The summed E-state index contributed by atoms with van der Waals surface area (Å²) in [6.07, 6.45) is 1.72. The van der Waals surface area contributed by atoms with E-state index >= 15 is 0 Å². The smallest absolute Gasteiger partial charge is 0.234 e. The van der Waals surface area contributed by atoms with E-state index in [0.29, 0.717) is 10.6 Å². The number of aromatic nitrogens is 2. The average Bonchev–Trinajstić information content (AvgIpc) is 2.66. The molecule has 0 unspecified atom stereocenters. The van der Waals surface area contributed by atoms with E-state index in [2.05, 4.69) is 21.4 Å². The van der Waals surface area contributed by atoms with Gasteiger partial charge in [-0.1, -0.05) is 31.7 Å². The minimum Gasteiger partial charge on any atom is -0.325 e. The van der Waals surface area contributed by atoms with Crippen LogP contribution < -0.4 is 5.32 Å². The minimum absolute atomic E-state index is 0.146. The van der Waals surface area contributed by atoms with Crippen molar-refractivity contribution in [2.24, 2.45) is 0 Å². The van der Waals surface area contributed by atoms with Crippen LogP contribution in [0.1, 0.15) is 31.0 Å². The van der Waals surface area contributed by atoms with Gasteiger partial charge in [-0.05, 0) is 42.3 Å². The summed E-state index contributed by atoms with van der Waals surface area (Å²) in [7, 11) is 0. The van der Waals surface area contributed by atoms with Gasteiger partial charge in [0.05, 0.1) is 22.5 Å². The third kappa shape index (κ3) is 4.01. The maximum Gasteiger partial charge on any atom is 0.234 e. The number of nitriles is 1. The highest BCUT2D eigenvalue weighted by atomic mass is 32.2. The van der Waals surface area contributed by atoms with Crippen molar-refractivity contribution in [3.63, 3.8) is 0 Å². The molecule has 0 aliphatic heterocycles. The summed E-state index contributed by atoms with van der Waals surface area (Å²) in [6.45, 7) is 4.09. The predicted molar refractivity (Wildman–Crippen MR) is 104 cm³/mol. The van der Waals surface area contributed by atoms with Gasteiger partial charge in [0.2, 0.25) is 5.91 Å². The summed E-state index contributed by atoms with van der Waals surface area (Å²) >= 11 is 1.27. The van der Waals surface area contributed by atoms with Crippen molar-refractivity contribution in [1.29, 1.82) is 5.26 Å². The van der Waals surface area contributed by atoms with Crippen LogP contribution >= 0.6 is 11.8 Å². The topological polar surface area (TPSA) is 78.7 Å². The molecule has 1 amide bonds. The van der Waals surface area contributed by atoms with Gasteiger partial charge in [0.1, 0.15) is 11.1 Å². The number of carbonyl (C=O) groups excluding carboxylic acids is 1. The number of hydrogen-bond donors (Lipinski definition) is 1. The summed E-state index contributed by atoms with van der Waals surface area (Å²) in [5, 5.41) is 13.7. The SMILES string of the molecule is CC(C)c1ccc(C#N)c(SCC(=O)Nc2cccc3ncccc23)n1. The molecule has 0 spiro atoms. The molecule has 0 saturated heterocycles. The molecule has 1 aromatic carbocycles. The Morgan fingerprint density at radius 2 is 2.08 bits per heavy atom. The normalized spacial score (nSPS) is 10.7.